The maximum Gasteiger partial charge on any atom is 0.337 e. The molecule has 1 atom stereocenters. The summed E-state index contributed by atoms with van der Waals surface area (Å²) in [6.07, 6.45) is 0.906. The summed E-state index contributed by atoms with van der Waals surface area (Å²) in [4.78, 5) is 43.6. The molecule has 0 fully saturated rings. The average Bonchev–Trinajstić information content (AvgIpc) is 3.14. The minimum absolute atomic E-state index is 0.157. The highest BCUT2D eigenvalue weighted by molar-refractivity contribution is 6.11. The van der Waals surface area contributed by atoms with Gasteiger partial charge < -0.3 is 19.5 Å². The van der Waals surface area contributed by atoms with Gasteiger partial charge in [-0.2, -0.15) is 0 Å². The molecule has 9 nitrogen and oxygen atoms in total. The molecule has 1 amide bonds. The number of benzene rings is 2. The van der Waals surface area contributed by atoms with E-state index in [-0.39, 0.29) is 17.0 Å². The predicted octanol–water partition coefficient (Wildman–Crippen LogP) is 3.43. The van der Waals surface area contributed by atoms with Crippen LogP contribution in [0.1, 0.15) is 42.9 Å². The number of rotatable bonds is 6. The quantitative estimate of drug-likeness (QED) is 0.573. The lowest BCUT2D eigenvalue weighted by Gasteiger charge is -2.27. The van der Waals surface area contributed by atoms with Gasteiger partial charge in [0, 0.05) is 17.6 Å². The molecule has 0 saturated carbocycles. The van der Waals surface area contributed by atoms with Crippen LogP contribution in [-0.4, -0.2) is 44.2 Å². The van der Waals surface area contributed by atoms with Crippen molar-refractivity contribution in [3.05, 3.63) is 83.2 Å². The van der Waals surface area contributed by atoms with Gasteiger partial charge >= 0.3 is 11.9 Å². The number of carbonyl (C=O) groups excluding carboxylic acids is 3. The van der Waals surface area contributed by atoms with Gasteiger partial charge in [-0.1, -0.05) is 0 Å². The summed E-state index contributed by atoms with van der Waals surface area (Å²) in [5.74, 6) is -0.814. The smallest absolute Gasteiger partial charge is 0.337 e. The Bertz CT molecular complexity index is 1190. The number of pyridine rings is 1. The van der Waals surface area contributed by atoms with Gasteiger partial charge in [0.2, 0.25) is 0 Å². The minimum Gasteiger partial charge on any atom is -0.497 e. The van der Waals surface area contributed by atoms with E-state index in [2.05, 4.69) is 10.3 Å². The summed E-state index contributed by atoms with van der Waals surface area (Å²) in [5.41, 5.74) is 2.31. The van der Waals surface area contributed by atoms with E-state index in [9.17, 15) is 14.4 Å². The molecule has 33 heavy (non-hydrogen) atoms. The zero-order valence-electron chi connectivity index (χ0n) is 18.2. The van der Waals surface area contributed by atoms with E-state index in [0.717, 1.165) is 0 Å². The Kier molecular flexibility index (Phi) is 5.95. The van der Waals surface area contributed by atoms with Crippen molar-refractivity contribution in [3.63, 3.8) is 0 Å². The lowest BCUT2D eigenvalue weighted by atomic mass is 10.1. The number of anilines is 2. The number of fused-ring (bicyclic) bond motifs is 1. The van der Waals surface area contributed by atoms with E-state index in [1.165, 1.54) is 32.4 Å². The molecular weight excluding hydrogens is 426 g/mol. The lowest BCUT2D eigenvalue weighted by molar-refractivity contribution is 0.0599. The molecule has 4 rings (SSSR count). The van der Waals surface area contributed by atoms with Crippen LogP contribution in [0.3, 0.4) is 0 Å². The second-order valence-electron chi connectivity index (χ2n) is 7.14. The van der Waals surface area contributed by atoms with Crippen molar-refractivity contribution in [1.29, 1.82) is 0 Å². The number of aromatic nitrogens is 1. The number of esters is 2. The minimum atomic E-state index is -0.694. The number of nitrogens with zero attached hydrogens (tertiary/aromatic N) is 2. The normalized spacial score (nSPS) is 14.5. The molecule has 2 heterocycles. The second-order valence-corrected chi connectivity index (χ2v) is 7.14. The summed E-state index contributed by atoms with van der Waals surface area (Å²) >= 11 is 0. The number of methoxy groups -OCH3 is 3. The zero-order valence-corrected chi connectivity index (χ0v) is 18.2. The van der Waals surface area contributed by atoms with Crippen LogP contribution in [0, 0.1) is 0 Å². The van der Waals surface area contributed by atoms with Crippen molar-refractivity contribution < 1.29 is 28.6 Å². The highest BCUT2D eigenvalue weighted by atomic mass is 16.5. The van der Waals surface area contributed by atoms with Gasteiger partial charge in [-0.25, -0.2) is 9.59 Å². The van der Waals surface area contributed by atoms with Gasteiger partial charge in [0.05, 0.1) is 43.7 Å². The van der Waals surface area contributed by atoms with E-state index in [1.807, 2.05) is 0 Å². The fraction of sp³-hybridized carbons (Fsp3) is 0.167. The van der Waals surface area contributed by atoms with Gasteiger partial charge in [0.15, 0.2) is 6.17 Å². The van der Waals surface area contributed by atoms with Gasteiger partial charge in [-0.05, 0) is 54.6 Å². The molecule has 0 spiro atoms. The Labute approximate surface area is 189 Å². The fourth-order valence-corrected chi connectivity index (χ4v) is 3.67. The van der Waals surface area contributed by atoms with E-state index in [4.69, 9.17) is 14.2 Å². The molecule has 1 aliphatic heterocycles. The summed E-state index contributed by atoms with van der Waals surface area (Å²) in [5, 5.41) is 3.24. The first kappa shape index (κ1) is 21.8. The number of hydrogen-bond acceptors (Lipinski definition) is 8. The van der Waals surface area contributed by atoms with E-state index in [1.54, 1.807) is 54.6 Å². The molecule has 1 unspecified atom stereocenters. The number of ether oxygens (including phenoxy) is 3. The van der Waals surface area contributed by atoms with Crippen molar-refractivity contribution in [3.8, 4) is 5.75 Å². The molecule has 1 aromatic heterocycles. The monoisotopic (exact) mass is 447 g/mol. The largest absolute Gasteiger partial charge is 0.497 e. The lowest BCUT2D eigenvalue weighted by Crippen LogP contribution is -2.32. The SMILES string of the molecule is COC(=O)c1cc(NC2c3ncccc3C(=O)N2c2ccc(OC)cc2)cc(C(=O)OC)c1. The van der Waals surface area contributed by atoms with Crippen molar-refractivity contribution in [1.82, 2.24) is 4.98 Å². The van der Waals surface area contributed by atoms with Crippen molar-refractivity contribution in [2.24, 2.45) is 0 Å². The highest BCUT2D eigenvalue weighted by Crippen LogP contribution is 2.37. The molecule has 168 valence electrons. The van der Waals surface area contributed by atoms with Crippen LogP contribution < -0.4 is 15.0 Å². The molecule has 1 aliphatic rings. The Hall–Kier alpha value is -4.40. The Morgan fingerprint density at radius 1 is 0.939 bits per heavy atom. The molecule has 9 heteroatoms. The number of amides is 1. The van der Waals surface area contributed by atoms with Crippen LogP contribution in [-0.2, 0) is 9.47 Å². The first-order chi connectivity index (χ1) is 16.0. The molecular formula is C24H21N3O6. The van der Waals surface area contributed by atoms with Gasteiger partial charge in [-0.15, -0.1) is 0 Å². The van der Waals surface area contributed by atoms with E-state index < -0.39 is 18.1 Å². The maximum absolute atomic E-state index is 13.3. The van der Waals surface area contributed by atoms with Crippen LogP contribution in [0.25, 0.3) is 0 Å². The first-order valence-corrected chi connectivity index (χ1v) is 9.97. The van der Waals surface area contributed by atoms with Crippen LogP contribution in [0.5, 0.6) is 5.75 Å². The average molecular weight is 447 g/mol. The van der Waals surface area contributed by atoms with Crippen molar-refractivity contribution in [2.75, 3.05) is 31.5 Å². The van der Waals surface area contributed by atoms with Crippen LogP contribution in [0.4, 0.5) is 11.4 Å². The van der Waals surface area contributed by atoms with E-state index in [0.29, 0.717) is 28.4 Å². The Morgan fingerprint density at radius 3 is 2.15 bits per heavy atom. The molecule has 3 aromatic rings. The summed E-state index contributed by atoms with van der Waals surface area (Å²) in [6.45, 7) is 0. The predicted molar refractivity (Wildman–Crippen MR) is 120 cm³/mol. The first-order valence-electron chi connectivity index (χ1n) is 9.97. The number of hydrogen-bond donors (Lipinski definition) is 1. The third kappa shape index (κ3) is 4.08. The third-order valence-corrected chi connectivity index (χ3v) is 5.23. The van der Waals surface area contributed by atoms with Crippen molar-refractivity contribution in [2.45, 2.75) is 6.17 Å². The fourth-order valence-electron chi connectivity index (χ4n) is 3.67. The molecule has 2 aromatic carbocycles. The van der Waals surface area contributed by atoms with Crippen LogP contribution in [0.15, 0.2) is 60.8 Å². The molecule has 0 saturated heterocycles. The summed E-state index contributed by atoms with van der Waals surface area (Å²) in [6, 6.07) is 14.9. The topological polar surface area (TPSA) is 107 Å². The molecule has 0 radical (unpaired) electrons. The summed E-state index contributed by atoms with van der Waals surface area (Å²) < 4.78 is 14.8. The summed E-state index contributed by atoms with van der Waals surface area (Å²) in [7, 11) is 4.07. The molecule has 1 N–H and O–H groups in total. The highest BCUT2D eigenvalue weighted by Gasteiger charge is 2.39. The number of nitrogens with one attached hydrogen (secondary N) is 1. The van der Waals surface area contributed by atoms with Crippen LogP contribution >= 0.6 is 0 Å². The van der Waals surface area contributed by atoms with E-state index >= 15 is 0 Å². The van der Waals surface area contributed by atoms with Gasteiger partial charge in [0.1, 0.15) is 5.75 Å². The van der Waals surface area contributed by atoms with Gasteiger partial charge in [0.25, 0.3) is 5.91 Å². The third-order valence-electron chi connectivity index (χ3n) is 5.23. The van der Waals surface area contributed by atoms with Crippen LogP contribution in [0.2, 0.25) is 0 Å². The molecule has 0 aliphatic carbocycles. The van der Waals surface area contributed by atoms with Crippen molar-refractivity contribution >= 4 is 29.2 Å². The van der Waals surface area contributed by atoms with Gasteiger partial charge in [-0.3, -0.25) is 14.7 Å². The standard InChI is InChI=1S/C24H21N3O6/c1-31-18-8-6-17(7-9-18)27-21(20-19(22(27)28)5-4-10-25-20)26-16-12-14(23(29)32-2)11-15(13-16)24(30)33-3/h4-13,21,26H,1-3H3. The second kappa shape index (κ2) is 8.99. The molecule has 0 bridgehead atoms. The maximum atomic E-state index is 13.3. The Morgan fingerprint density at radius 2 is 1.58 bits per heavy atom. The number of carbonyl (C=O) groups is 3. The zero-order chi connectivity index (χ0) is 23.5. The Balaban J connectivity index is 1.79.